The van der Waals surface area contributed by atoms with Gasteiger partial charge in [-0.2, -0.15) is 0 Å². The molecule has 0 aliphatic heterocycles. The minimum Gasteiger partial charge on any atom is -0.481 e. The average Bonchev–Trinajstić information content (AvgIpc) is 3.40. The van der Waals surface area contributed by atoms with Crippen LogP contribution in [0, 0.1) is 11.2 Å². The molecule has 0 fully saturated rings. The van der Waals surface area contributed by atoms with Crippen molar-refractivity contribution >= 4 is 34.6 Å². The maximum atomic E-state index is 13.9. The van der Waals surface area contributed by atoms with Crippen LogP contribution in [0.4, 0.5) is 10.3 Å². The van der Waals surface area contributed by atoms with Crippen LogP contribution < -0.4 is 11.0 Å². The van der Waals surface area contributed by atoms with Gasteiger partial charge in [0.15, 0.2) is 0 Å². The summed E-state index contributed by atoms with van der Waals surface area (Å²) in [6.07, 6.45) is 4.02. The lowest BCUT2D eigenvalue weighted by Gasteiger charge is -2.34. The molecule has 0 aliphatic rings. The summed E-state index contributed by atoms with van der Waals surface area (Å²) in [4.78, 5) is 34.3. The molecule has 2 aromatic heterocycles. The van der Waals surface area contributed by atoms with Crippen LogP contribution in [0.2, 0.25) is 5.02 Å². The second-order valence-electron chi connectivity index (χ2n) is 9.57. The van der Waals surface area contributed by atoms with Crippen LogP contribution >= 0.6 is 11.6 Å². The molecule has 4 rings (SSSR count). The lowest BCUT2D eigenvalue weighted by molar-refractivity contribution is -0.147. The number of hydrogen-bond donors (Lipinski definition) is 4. The number of hydrogen-bond acceptors (Lipinski definition) is 4. The first-order valence-electron chi connectivity index (χ1n) is 11.2. The summed E-state index contributed by atoms with van der Waals surface area (Å²) in [5.74, 6) is -0.965. The fourth-order valence-corrected chi connectivity index (χ4v) is 4.17. The summed E-state index contributed by atoms with van der Waals surface area (Å²) >= 11 is 6.08. The maximum absolute atomic E-state index is 13.9. The molecule has 184 valence electrons. The van der Waals surface area contributed by atoms with Crippen LogP contribution in [-0.4, -0.2) is 30.6 Å². The number of imidazole rings is 2. The minimum atomic E-state index is -0.961. The predicted octanol–water partition coefficient (Wildman–Crippen LogP) is 5.11. The summed E-state index contributed by atoms with van der Waals surface area (Å²) in [5.41, 5.74) is 1.05. The SMILES string of the molecule is CC(C)(CCC(C)(Nc1nc2c(Cn3cc[nH]c3=O)cccc2[nH]1)c1ccc(F)c(Cl)c1)C(=O)O. The molecule has 10 heteroatoms. The van der Waals surface area contributed by atoms with Crippen molar-refractivity contribution in [1.29, 1.82) is 0 Å². The molecular weight excluding hydrogens is 473 g/mol. The van der Waals surface area contributed by atoms with Crippen LogP contribution in [0.3, 0.4) is 0 Å². The Morgan fingerprint density at radius 1 is 1.23 bits per heavy atom. The highest BCUT2D eigenvalue weighted by atomic mass is 35.5. The van der Waals surface area contributed by atoms with Gasteiger partial charge in [0.05, 0.1) is 33.6 Å². The monoisotopic (exact) mass is 499 g/mol. The number of aromatic amines is 2. The number of carboxylic acids is 1. The van der Waals surface area contributed by atoms with Gasteiger partial charge in [-0.3, -0.25) is 9.36 Å². The van der Waals surface area contributed by atoms with Gasteiger partial charge < -0.3 is 20.4 Å². The van der Waals surface area contributed by atoms with E-state index in [2.05, 4.69) is 15.3 Å². The van der Waals surface area contributed by atoms with Gasteiger partial charge in [0.25, 0.3) is 0 Å². The van der Waals surface area contributed by atoms with Crippen LogP contribution in [-0.2, 0) is 16.9 Å². The standard InChI is InChI=1S/C25H27ClFN5O3/c1-24(2,21(33)34)9-10-25(3,16-7-8-18(27)17(26)13-16)31-22-29-19-6-4-5-15(20(19)30-22)14-32-12-11-28-23(32)35/h4-8,11-13H,9-10,14H2,1-3H3,(H,28,35)(H,33,34)(H2,29,30,31). The van der Waals surface area contributed by atoms with Crippen molar-refractivity contribution in [3.8, 4) is 0 Å². The number of rotatable bonds is 9. The number of aromatic nitrogens is 4. The summed E-state index contributed by atoms with van der Waals surface area (Å²) < 4.78 is 15.4. The van der Waals surface area contributed by atoms with Crippen molar-refractivity contribution in [1.82, 2.24) is 19.5 Å². The van der Waals surface area contributed by atoms with E-state index in [1.807, 2.05) is 25.1 Å². The molecule has 35 heavy (non-hydrogen) atoms. The molecule has 1 atom stereocenters. The molecule has 2 heterocycles. The first-order chi connectivity index (χ1) is 16.5. The second kappa shape index (κ2) is 9.22. The molecule has 0 radical (unpaired) electrons. The number of aliphatic carboxylic acids is 1. The normalized spacial score (nSPS) is 13.6. The van der Waals surface area contributed by atoms with Gasteiger partial charge in [0.1, 0.15) is 5.82 Å². The molecule has 8 nitrogen and oxygen atoms in total. The quantitative estimate of drug-likeness (QED) is 0.255. The molecule has 2 aromatic carbocycles. The first kappa shape index (κ1) is 24.5. The maximum Gasteiger partial charge on any atom is 0.325 e. The Bertz CT molecular complexity index is 1440. The number of halogens is 2. The third-order valence-electron chi connectivity index (χ3n) is 6.44. The summed E-state index contributed by atoms with van der Waals surface area (Å²) in [5, 5.41) is 13.0. The number of H-pyrrole nitrogens is 2. The number of carboxylic acid groups (broad SMARTS) is 1. The van der Waals surface area contributed by atoms with E-state index in [1.54, 1.807) is 42.9 Å². The molecular formula is C25H27ClFN5O3. The van der Waals surface area contributed by atoms with Gasteiger partial charge >= 0.3 is 11.7 Å². The van der Waals surface area contributed by atoms with Crippen molar-refractivity contribution < 1.29 is 14.3 Å². The molecule has 0 saturated heterocycles. The van der Waals surface area contributed by atoms with Crippen molar-refractivity contribution in [2.75, 3.05) is 5.32 Å². The first-order valence-corrected chi connectivity index (χ1v) is 11.5. The number of benzene rings is 2. The third kappa shape index (κ3) is 5.09. The highest BCUT2D eigenvalue weighted by molar-refractivity contribution is 6.30. The highest BCUT2D eigenvalue weighted by Gasteiger charge is 2.34. The van der Waals surface area contributed by atoms with Crippen LogP contribution in [0.1, 0.15) is 44.7 Å². The molecule has 1 unspecified atom stereocenters. The van der Waals surface area contributed by atoms with E-state index in [-0.39, 0.29) is 10.7 Å². The Morgan fingerprint density at radius 3 is 2.66 bits per heavy atom. The molecule has 0 saturated carbocycles. The highest BCUT2D eigenvalue weighted by Crippen LogP contribution is 2.36. The number of fused-ring (bicyclic) bond motifs is 1. The van der Waals surface area contributed by atoms with E-state index in [9.17, 15) is 19.1 Å². The van der Waals surface area contributed by atoms with Crippen molar-refractivity contribution in [3.63, 3.8) is 0 Å². The van der Waals surface area contributed by atoms with E-state index in [0.717, 1.165) is 11.1 Å². The Kier molecular flexibility index (Phi) is 6.46. The van der Waals surface area contributed by atoms with E-state index < -0.39 is 22.7 Å². The van der Waals surface area contributed by atoms with Gasteiger partial charge in [-0.05, 0) is 62.9 Å². The van der Waals surface area contributed by atoms with Crippen LogP contribution in [0.15, 0.2) is 53.6 Å². The van der Waals surface area contributed by atoms with Gasteiger partial charge in [-0.25, -0.2) is 14.2 Å². The molecule has 4 aromatic rings. The zero-order valence-electron chi connectivity index (χ0n) is 19.7. The largest absolute Gasteiger partial charge is 0.481 e. The number of carbonyl (C=O) groups is 1. The van der Waals surface area contributed by atoms with Gasteiger partial charge in [0, 0.05) is 12.4 Å². The van der Waals surface area contributed by atoms with E-state index in [0.29, 0.717) is 36.4 Å². The second-order valence-corrected chi connectivity index (χ2v) is 9.97. The van der Waals surface area contributed by atoms with Crippen molar-refractivity contribution in [3.05, 3.63) is 81.2 Å². The van der Waals surface area contributed by atoms with Gasteiger partial charge in [-0.1, -0.05) is 29.8 Å². The molecule has 4 N–H and O–H groups in total. The summed E-state index contributed by atoms with van der Waals surface area (Å²) in [6, 6.07) is 10.1. The molecule has 0 amide bonds. The van der Waals surface area contributed by atoms with Crippen LogP contribution in [0.25, 0.3) is 11.0 Å². The molecule has 0 spiro atoms. The fourth-order valence-electron chi connectivity index (χ4n) is 3.98. The molecule has 0 aliphatic carbocycles. The smallest absolute Gasteiger partial charge is 0.325 e. The lowest BCUT2D eigenvalue weighted by atomic mass is 9.79. The number of nitrogens with one attached hydrogen (secondary N) is 3. The minimum absolute atomic E-state index is 0.0168. The van der Waals surface area contributed by atoms with E-state index >= 15 is 0 Å². The fraction of sp³-hybridized carbons (Fsp3) is 0.320. The summed E-state index contributed by atoms with van der Waals surface area (Å²) in [7, 11) is 0. The Hall–Kier alpha value is -3.59. The van der Waals surface area contributed by atoms with Gasteiger partial charge in [0.2, 0.25) is 5.95 Å². The zero-order valence-corrected chi connectivity index (χ0v) is 20.4. The lowest BCUT2D eigenvalue weighted by Crippen LogP contribution is -2.35. The number of para-hydroxylation sites is 1. The average molecular weight is 500 g/mol. The van der Waals surface area contributed by atoms with E-state index in [1.165, 1.54) is 6.07 Å². The number of nitrogens with zero attached hydrogens (tertiary/aromatic N) is 2. The third-order valence-corrected chi connectivity index (χ3v) is 6.73. The van der Waals surface area contributed by atoms with Crippen molar-refractivity contribution in [2.24, 2.45) is 5.41 Å². The van der Waals surface area contributed by atoms with Crippen LogP contribution in [0.5, 0.6) is 0 Å². The van der Waals surface area contributed by atoms with Gasteiger partial charge in [-0.15, -0.1) is 0 Å². The Balaban J connectivity index is 1.70. The van der Waals surface area contributed by atoms with Crippen molar-refractivity contribution in [2.45, 2.75) is 45.7 Å². The van der Waals surface area contributed by atoms with E-state index in [4.69, 9.17) is 16.6 Å². The Morgan fingerprint density at radius 2 is 2.00 bits per heavy atom. The molecule has 0 bridgehead atoms. The topological polar surface area (TPSA) is 116 Å². The number of anilines is 1. The summed E-state index contributed by atoms with van der Waals surface area (Å²) in [6.45, 7) is 5.59. The Labute approximate surface area is 206 Å². The zero-order chi connectivity index (χ0) is 25.4. The predicted molar refractivity (Wildman–Crippen MR) is 133 cm³/mol.